The maximum Gasteiger partial charge on any atom is 0.0235 e. The Morgan fingerprint density at radius 3 is 2.43 bits per heavy atom. The van der Waals surface area contributed by atoms with Gasteiger partial charge >= 0.3 is 0 Å². The summed E-state index contributed by atoms with van der Waals surface area (Å²) in [5.74, 6) is 1.72. The molecule has 0 spiro atoms. The van der Waals surface area contributed by atoms with Crippen molar-refractivity contribution in [3.05, 3.63) is 0 Å². The summed E-state index contributed by atoms with van der Waals surface area (Å²) in [6.45, 7) is 4.99. The first-order chi connectivity index (χ1) is 6.72. The Morgan fingerprint density at radius 2 is 1.93 bits per heavy atom. The lowest BCUT2D eigenvalue weighted by Crippen LogP contribution is -2.37. The molecule has 1 rings (SSSR count). The first-order valence-electron chi connectivity index (χ1n) is 5.65. The standard InChI is InChI=1S/C11H23ClN2/c1-13(2)10-11-4-8-14(9-5-11)7-3-6-12/h11H,3-10H2,1-2H3. The third kappa shape index (κ3) is 4.63. The van der Waals surface area contributed by atoms with Crippen LogP contribution in [0.3, 0.4) is 0 Å². The normalized spacial score (nSPS) is 20.6. The van der Waals surface area contributed by atoms with Gasteiger partial charge in [0.2, 0.25) is 0 Å². The predicted octanol–water partition coefficient (Wildman–Crippen LogP) is 1.89. The van der Waals surface area contributed by atoms with Crippen LogP contribution in [0.25, 0.3) is 0 Å². The van der Waals surface area contributed by atoms with Crippen LogP contribution >= 0.6 is 11.6 Å². The Kier molecular flexibility index (Phi) is 5.83. The molecule has 0 amide bonds. The molecule has 0 atom stereocenters. The summed E-state index contributed by atoms with van der Waals surface area (Å²) in [5.41, 5.74) is 0. The Hall–Kier alpha value is 0.210. The van der Waals surface area contributed by atoms with Crippen LogP contribution in [-0.4, -0.2) is 56.0 Å². The van der Waals surface area contributed by atoms with Gasteiger partial charge in [-0.15, -0.1) is 11.6 Å². The van der Waals surface area contributed by atoms with Gasteiger partial charge in [0.05, 0.1) is 0 Å². The molecule has 1 heterocycles. The number of nitrogens with zero attached hydrogens (tertiary/aromatic N) is 2. The molecule has 0 aromatic carbocycles. The highest BCUT2D eigenvalue weighted by Crippen LogP contribution is 2.17. The summed E-state index contributed by atoms with van der Waals surface area (Å²) in [4.78, 5) is 4.85. The van der Waals surface area contributed by atoms with Gasteiger partial charge in [0.1, 0.15) is 0 Å². The van der Waals surface area contributed by atoms with E-state index in [4.69, 9.17) is 11.6 Å². The zero-order valence-corrected chi connectivity index (χ0v) is 10.3. The van der Waals surface area contributed by atoms with Gasteiger partial charge in [-0.3, -0.25) is 0 Å². The van der Waals surface area contributed by atoms with E-state index in [1.807, 2.05) is 0 Å². The quantitative estimate of drug-likeness (QED) is 0.651. The highest BCUT2D eigenvalue weighted by Gasteiger charge is 2.18. The van der Waals surface area contributed by atoms with E-state index in [0.29, 0.717) is 0 Å². The number of alkyl halides is 1. The van der Waals surface area contributed by atoms with E-state index >= 15 is 0 Å². The van der Waals surface area contributed by atoms with E-state index in [1.165, 1.54) is 39.0 Å². The maximum absolute atomic E-state index is 5.68. The van der Waals surface area contributed by atoms with Crippen LogP contribution in [0.4, 0.5) is 0 Å². The molecule has 84 valence electrons. The van der Waals surface area contributed by atoms with Gasteiger partial charge in [0.15, 0.2) is 0 Å². The van der Waals surface area contributed by atoms with Crippen molar-refractivity contribution in [2.24, 2.45) is 5.92 Å². The van der Waals surface area contributed by atoms with Crippen molar-refractivity contribution < 1.29 is 0 Å². The minimum Gasteiger partial charge on any atom is -0.309 e. The highest BCUT2D eigenvalue weighted by atomic mass is 35.5. The fourth-order valence-corrected chi connectivity index (χ4v) is 2.31. The van der Waals surface area contributed by atoms with Gasteiger partial charge in [-0.2, -0.15) is 0 Å². The van der Waals surface area contributed by atoms with Crippen LogP contribution in [0.1, 0.15) is 19.3 Å². The largest absolute Gasteiger partial charge is 0.309 e. The monoisotopic (exact) mass is 218 g/mol. The molecule has 0 bridgehead atoms. The van der Waals surface area contributed by atoms with Crippen molar-refractivity contribution in [1.82, 2.24) is 9.80 Å². The summed E-state index contributed by atoms with van der Waals surface area (Å²) in [6.07, 6.45) is 3.86. The molecule has 14 heavy (non-hydrogen) atoms. The molecule has 1 saturated heterocycles. The summed E-state index contributed by atoms with van der Waals surface area (Å²) in [5, 5.41) is 0. The second kappa shape index (κ2) is 6.65. The molecule has 0 radical (unpaired) electrons. The third-order valence-corrected chi connectivity index (χ3v) is 3.21. The van der Waals surface area contributed by atoms with E-state index in [0.717, 1.165) is 18.2 Å². The zero-order chi connectivity index (χ0) is 10.4. The molecule has 0 saturated carbocycles. The van der Waals surface area contributed by atoms with E-state index in [9.17, 15) is 0 Å². The fraction of sp³-hybridized carbons (Fsp3) is 1.00. The molecule has 0 aromatic rings. The molecule has 0 aromatic heterocycles. The minimum atomic E-state index is 0.803. The second-order valence-corrected chi connectivity index (χ2v) is 4.97. The smallest absolute Gasteiger partial charge is 0.0235 e. The first kappa shape index (κ1) is 12.3. The van der Waals surface area contributed by atoms with Crippen LogP contribution in [0, 0.1) is 5.92 Å². The lowest BCUT2D eigenvalue weighted by atomic mass is 9.96. The molecule has 2 nitrogen and oxygen atoms in total. The number of hydrogen-bond acceptors (Lipinski definition) is 2. The number of piperidine rings is 1. The van der Waals surface area contributed by atoms with Crippen molar-refractivity contribution in [2.45, 2.75) is 19.3 Å². The van der Waals surface area contributed by atoms with Crippen LogP contribution < -0.4 is 0 Å². The topological polar surface area (TPSA) is 6.48 Å². The van der Waals surface area contributed by atoms with Crippen molar-refractivity contribution >= 4 is 11.6 Å². The Morgan fingerprint density at radius 1 is 1.29 bits per heavy atom. The van der Waals surface area contributed by atoms with E-state index in [-0.39, 0.29) is 0 Å². The van der Waals surface area contributed by atoms with Gasteiger partial charge in [0, 0.05) is 12.4 Å². The fourth-order valence-electron chi connectivity index (χ4n) is 2.19. The van der Waals surface area contributed by atoms with Crippen LogP contribution in [-0.2, 0) is 0 Å². The lowest BCUT2D eigenvalue weighted by molar-refractivity contribution is 0.163. The Balaban J connectivity index is 2.11. The van der Waals surface area contributed by atoms with Gasteiger partial charge in [-0.25, -0.2) is 0 Å². The molecule has 0 aliphatic carbocycles. The van der Waals surface area contributed by atoms with Crippen LogP contribution in [0.2, 0.25) is 0 Å². The third-order valence-electron chi connectivity index (χ3n) is 2.94. The highest BCUT2D eigenvalue weighted by molar-refractivity contribution is 6.17. The lowest BCUT2D eigenvalue weighted by Gasteiger charge is -2.33. The van der Waals surface area contributed by atoms with E-state index in [2.05, 4.69) is 23.9 Å². The van der Waals surface area contributed by atoms with Crippen molar-refractivity contribution in [2.75, 3.05) is 46.2 Å². The summed E-state index contributed by atoms with van der Waals surface area (Å²) in [7, 11) is 4.33. The molecule has 0 unspecified atom stereocenters. The second-order valence-electron chi connectivity index (χ2n) is 4.59. The average Bonchev–Trinajstić information content (AvgIpc) is 2.16. The first-order valence-corrected chi connectivity index (χ1v) is 6.19. The number of rotatable bonds is 5. The molecule has 1 aliphatic heterocycles. The van der Waals surface area contributed by atoms with E-state index in [1.54, 1.807) is 0 Å². The molecule has 1 aliphatic rings. The SMILES string of the molecule is CN(C)CC1CCN(CCCCl)CC1. The summed E-state index contributed by atoms with van der Waals surface area (Å²) >= 11 is 5.68. The zero-order valence-electron chi connectivity index (χ0n) is 9.51. The van der Waals surface area contributed by atoms with Crippen molar-refractivity contribution in [1.29, 1.82) is 0 Å². The van der Waals surface area contributed by atoms with Crippen molar-refractivity contribution in [3.8, 4) is 0 Å². The number of likely N-dealkylation sites (tertiary alicyclic amines) is 1. The maximum atomic E-state index is 5.68. The molecular formula is C11H23ClN2. The predicted molar refractivity (Wildman–Crippen MR) is 63.1 cm³/mol. The van der Waals surface area contributed by atoms with Crippen LogP contribution in [0.5, 0.6) is 0 Å². The Bertz CT molecular complexity index is 142. The Labute approximate surface area is 93.2 Å². The minimum absolute atomic E-state index is 0.803. The molecular weight excluding hydrogens is 196 g/mol. The van der Waals surface area contributed by atoms with Gasteiger partial charge in [-0.1, -0.05) is 0 Å². The van der Waals surface area contributed by atoms with Gasteiger partial charge < -0.3 is 9.80 Å². The summed E-state index contributed by atoms with van der Waals surface area (Å²) < 4.78 is 0. The van der Waals surface area contributed by atoms with E-state index < -0.39 is 0 Å². The van der Waals surface area contributed by atoms with Crippen molar-refractivity contribution in [3.63, 3.8) is 0 Å². The average molecular weight is 219 g/mol. The number of hydrogen-bond donors (Lipinski definition) is 0. The van der Waals surface area contributed by atoms with Gasteiger partial charge in [0.25, 0.3) is 0 Å². The number of halogens is 1. The molecule has 0 N–H and O–H groups in total. The van der Waals surface area contributed by atoms with Gasteiger partial charge in [-0.05, 0) is 58.9 Å². The summed E-state index contributed by atoms with van der Waals surface area (Å²) in [6, 6.07) is 0. The molecule has 3 heteroatoms. The van der Waals surface area contributed by atoms with Crippen LogP contribution in [0.15, 0.2) is 0 Å². The molecule has 1 fully saturated rings.